The highest BCUT2D eigenvalue weighted by molar-refractivity contribution is 7.12. The summed E-state index contributed by atoms with van der Waals surface area (Å²) >= 11 is 1.63. The van der Waals surface area contributed by atoms with Gasteiger partial charge < -0.3 is 5.32 Å². The summed E-state index contributed by atoms with van der Waals surface area (Å²) in [5, 5.41) is 12.0. The van der Waals surface area contributed by atoms with E-state index in [4.69, 9.17) is 5.26 Å². The molecule has 3 heteroatoms. The van der Waals surface area contributed by atoms with Gasteiger partial charge in [0.25, 0.3) is 0 Å². The smallest absolute Gasteiger partial charge is 0.110 e. The Labute approximate surface area is 82.2 Å². The van der Waals surface area contributed by atoms with Gasteiger partial charge in [0.1, 0.15) is 10.9 Å². The molecule has 1 aliphatic rings. The molecule has 0 bridgehead atoms. The molecular weight excluding hydrogens is 180 g/mol. The van der Waals surface area contributed by atoms with Crippen LogP contribution in [0.3, 0.4) is 0 Å². The summed E-state index contributed by atoms with van der Waals surface area (Å²) in [6.07, 6.45) is 2.42. The molecule has 13 heavy (non-hydrogen) atoms. The lowest BCUT2D eigenvalue weighted by molar-refractivity contribution is 0.585. The highest BCUT2D eigenvalue weighted by Gasteiger charge is 2.15. The van der Waals surface area contributed by atoms with Crippen LogP contribution >= 0.6 is 11.3 Å². The summed E-state index contributed by atoms with van der Waals surface area (Å²) in [5.74, 6) is 0.783. The molecule has 0 aromatic carbocycles. The molecule has 1 atom stereocenters. The molecule has 0 spiro atoms. The molecule has 2 rings (SSSR count). The molecule has 0 amide bonds. The van der Waals surface area contributed by atoms with E-state index in [1.54, 1.807) is 11.3 Å². The van der Waals surface area contributed by atoms with Gasteiger partial charge in [-0.15, -0.1) is 11.3 Å². The Balaban J connectivity index is 1.97. The first kappa shape index (κ1) is 8.74. The van der Waals surface area contributed by atoms with Crippen molar-refractivity contribution in [2.45, 2.75) is 12.8 Å². The third kappa shape index (κ3) is 2.09. The Morgan fingerprint density at radius 3 is 3.15 bits per heavy atom. The van der Waals surface area contributed by atoms with Crippen LogP contribution in [0.2, 0.25) is 0 Å². The lowest BCUT2D eigenvalue weighted by atomic mass is 10.0. The van der Waals surface area contributed by atoms with Crippen LogP contribution in [0.15, 0.2) is 12.1 Å². The summed E-state index contributed by atoms with van der Waals surface area (Å²) in [5.41, 5.74) is 0. The maximum absolute atomic E-state index is 8.66. The van der Waals surface area contributed by atoms with Gasteiger partial charge in [-0.2, -0.15) is 5.26 Å². The first-order valence-corrected chi connectivity index (χ1v) is 5.39. The number of hydrogen-bond acceptors (Lipinski definition) is 3. The van der Waals surface area contributed by atoms with Crippen molar-refractivity contribution in [1.82, 2.24) is 5.32 Å². The molecule has 0 radical (unpaired) electrons. The highest BCUT2D eigenvalue weighted by atomic mass is 32.1. The molecule has 2 heterocycles. The van der Waals surface area contributed by atoms with Crippen LogP contribution < -0.4 is 5.32 Å². The van der Waals surface area contributed by atoms with Gasteiger partial charge in [-0.1, -0.05) is 0 Å². The standard InChI is InChI=1S/C10H12N2S/c11-6-10-2-1-9(13-10)5-8-3-4-12-7-8/h1-2,8,12H,3-5,7H2. The van der Waals surface area contributed by atoms with Crippen molar-refractivity contribution < 1.29 is 0 Å². The van der Waals surface area contributed by atoms with Gasteiger partial charge in [0.05, 0.1) is 0 Å². The average molecular weight is 192 g/mol. The van der Waals surface area contributed by atoms with Crippen molar-refractivity contribution >= 4 is 11.3 Å². The van der Waals surface area contributed by atoms with Crippen molar-refractivity contribution in [3.63, 3.8) is 0 Å². The van der Waals surface area contributed by atoms with Crippen LogP contribution in [0.4, 0.5) is 0 Å². The molecule has 0 saturated carbocycles. The molecule has 1 fully saturated rings. The number of nitriles is 1. The minimum atomic E-state index is 0.783. The van der Waals surface area contributed by atoms with E-state index in [0.717, 1.165) is 30.3 Å². The lowest BCUT2D eigenvalue weighted by Gasteiger charge is -2.04. The molecule has 1 saturated heterocycles. The van der Waals surface area contributed by atoms with Gasteiger partial charge >= 0.3 is 0 Å². The van der Waals surface area contributed by atoms with Gasteiger partial charge in [0, 0.05) is 4.88 Å². The third-order valence-corrected chi connectivity index (χ3v) is 3.44. The molecule has 0 aliphatic carbocycles. The minimum Gasteiger partial charge on any atom is -0.316 e. The van der Waals surface area contributed by atoms with E-state index in [0.29, 0.717) is 0 Å². The Kier molecular flexibility index (Phi) is 2.62. The number of rotatable bonds is 2. The Bertz CT molecular complexity index is 318. The highest BCUT2D eigenvalue weighted by Crippen LogP contribution is 2.21. The molecule has 68 valence electrons. The molecule has 2 nitrogen and oxygen atoms in total. The molecule has 1 unspecified atom stereocenters. The number of thiophene rings is 1. The van der Waals surface area contributed by atoms with Gasteiger partial charge in [0.2, 0.25) is 0 Å². The molecule has 1 aromatic heterocycles. The fourth-order valence-corrected chi connectivity index (χ4v) is 2.64. The zero-order valence-corrected chi connectivity index (χ0v) is 8.23. The maximum Gasteiger partial charge on any atom is 0.110 e. The second kappa shape index (κ2) is 3.91. The Morgan fingerprint density at radius 1 is 1.62 bits per heavy atom. The summed E-state index contributed by atoms with van der Waals surface area (Å²) in [6, 6.07) is 6.18. The Morgan fingerprint density at radius 2 is 2.54 bits per heavy atom. The van der Waals surface area contributed by atoms with Gasteiger partial charge in [0.15, 0.2) is 0 Å². The van der Waals surface area contributed by atoms with E-state index in [1.807, 2.05) is 6.07 Å². The van der Waals surface area contributed by atoms with Gasteiger partial charge in [-0.25, -0.2) is 0 Å². The molecule has 1 aliphatic heterocycles. The first-order chi connectivity index (χ1) is 6.38. The van der Waals surface area contributed by atoms with E-state index in [1.165, 1.54) is 11.3 Å². The van der Waals surface area contributed by atoms with E-state index < -0.39 is 0 Å². The van der Waals surface area contributed by atoms with Crippen molar-refractivity contribution in [3.05, 3.63) is 21.9 Å². The van der Waals surface area contributed by atoms with Crippen molar-refractivity contribution in [1.29, 1.82) is 5.26 Å². The van der Waals surface area contributed by atoms with E-state index in [-0.39, 0.29) is 0 Å². The zero-order valence-electron chi connectivity index (χ0n) is 7.42. The Hall–Kier alpha value is -0.850. The second-order valence-corrected chi connectivity index (χ2v) is 4.61. The SMILES string of the molecule is N#Cc1ccc(CC2CCNC2)s1. The van der Waals surface area contributed by atoms with Crippen molar-refractivity contribution in [3.8, 4) is 6.07 Å². The molecule has 1 aromatic rings. The van der Waals surface area contributed by atoms with Crippen molar-refractivity contribution in [2.75, 3.05) is 13.1 Å². The van der Waals surface area contributed by atoms with Crippen LogP contribution in [-0.2, 0) is 6.42 Å². The van der Waals surface area contributed by atoms with E-state index in [2.05, 4.69) is 17.5 Å². The number of hydrogen-bond donors (Lipinski definition) is 1. The lowest BCUT2D eigenvalue weighted by Crippen LogP contribution is -2.10. The van der Waals surface area contributed by atoms with Gasteiger partial charge in [-0.05, 0) is 44.0 Å². The third-order valence-electron chi connectivity index (χ3n) is 2.42. The summed E-state index contributed by atoms with van der Waals surface area (Å²) in [4.78, 5) is 2.19. The fourth-order valence-electron chi connectivity index (χ4n) is 1.72. The summed E-state index contributed by atoms with van der Waals surface area (Å²) in [7, 11) is 0. The topological polar surface area (TPSA) is 35.8 Å². The zero-order chi connectivity index (χ0) is 9.10. The maximum atomic E-state index is 8.66. The van der Waals surface area contributed by atoms with E-state index in [9.17, 15) is 0 Å². The van der Waals surface area contributed by atoms with Crippen molar-refractivity contribution in [2.24, 2.45) is 5.92 Å². The summed E-state index contributed by atoms with van der Waals surface area (Å²) < 4.78 is 0. The monoisotopic (exact) mass is 192 g/mol. The van der Waals surface area contributed by atoms with Crippen LogP contribution in [0.5, 0.6) is 0 Å². The largest absolute Gasteiger partial charge is 0.316 e. The predicted molar refractivity (Wildman–Crippen MR) is 53.7 cm³/mol. The molecular formula is C10H12N2S. The fraction of sp³-hybridized carbons (Fsp3) is 0.500. The first-order valence-electron chi connectivity index (χ1n) is 4.58. The normalized spacial score (nSPS) is 21.6. The minimum absolute atomic E-state index is 0.783. The second-order valence-electron chi connectivity index (χ2n) is 3.44. The summed E-state index contributed by atoms with van der Waals surface area (Å²) in [6.45, 7) is 2.29. The van der Waals surface area contributed by atoms with Crippen LogP contribution in [-0.4, -0.2) is 13.1 Å². The van der Waals surface area contributed by atoms with Crippen LogP contribution in [0.1, 0.15) is 16.2 Å². The van der Waals surface area contributed by atoms with Crippen LogP contribution in [0, 0.1) is 17.2 Å². The van der Waals surface area contributed by atoms with Gasteiger partial charge in [-0.3, -0.25) is 0 Å². The molecule has 1 N–H and O–H groups in total. The number of nitrogens with one attached hydrogen (secondary N) is 1. The predicted octanol–water partition coefficient (Wildman–Crippen LogP) is 1.77. The average Bonchev–Trinajstić information content (AvgIpc) is 2.76. The quantitative estimate of drug-likeness (QED) is 0.775. The van der Waals surface area contributed by atoms with E-state index >= 15 is 0 Å². The number of nitrogens with zero attached hydrogens (tertiary/aromatic N) is 1. The van der Waals surface area contributed by atoms with Crippen LogP contribution in [0.25, 0.3) is 0 Å².